The van der Waals surface area contributed by atoms with Crippen LogP contribution >= 0.6 is 0 Å². The smallest absolute Gasteiger partial charge is 0.0793 e. The third-order valence-corrected chi connectivity index (χ3v) is 8.98. The minimum atomic E-state index is -0.0740. The first-order chi connectivity index (χ1) is 16.8. The standard InChI is InChI=1S/C30H56N4O2/c1-27(2)19-23(20-28(3,4)33(27)35-25-15-11-9-12-16-25)31-32-24-21-29(5,6)34(30(7,8)22-24)36-26-17-13-10-14-18-26/h23,25-26,31H,9-22H2,1-8H3. The summed E-state index contributed by atoms with van der Waals surface area (Å²) in [6.45, 7) is 18.6. The molecule has 0 spiro atoms. The zero-order chi connectivity index (χ0) is 26.2. The highest BCUT2D eigenvalue weighted by molar-refractivity contribution is 5.87. The van der Waals surface area contributed by atoms with E-state index in [1.807, 2.05) is 0 Å². The molecule has 2 saturated carbocycles. The zero-order valence-corrected chi connectivity index (χ0v) is 24.8. The van der Waals surface area contributed by atoms with E-state index in [4.69, 9.17) is 14.8 Å². The fourth-order valence-electron chi connectivity index (χ4n) is 7.85. The van der Waals surface area contributed by atoms with Crippen molar-refractivity contribution < 1.29 is 9.68 Å². The SMILES string of the molecule is CC1(C)CC(=NNC2CC(C)(C)N(OC3CCCCC3)C(C)(C)C2)CC(C)(C)N1OC1CCCCC1. The molecule has 0 aromatic carbocycles. The number of nitrogens with zero attached hydrogens (tertiary/aromatic N) is 3. The molecule has 0 aromatic rings. The maximum atomic E-state index is 6.68. The maximum absolute atomic E-state index is 6.68. The minimum Gasteiger partial charge on any atom is -0.307 e. The Morgan fingerprint density at radius 3 is 1.42 bits per heavy atom. The summed E-state index contributed by atoms with van der Waals surface area (Å²) in [4.78, 5) is 13.4. The number of hydrazone groups is 1. The molecule has 208 valence electrons. The van der Waals surface area contributed by atoms with Gasteiger partial charge in [0.2, 0.25) is 0 Å². The molecule has 0 atom stereocenters. The number of nitrogens with one attached hydrogen (secondary N) is 1. The molecule has 4 aliphatic rings. The van der Waals surface area contributed by atoms with E-state index in [0.717, 1.165) is 25.7 Å². The average molecular weight is 505 g/mol. The van der Waals surface area contributed by atoms with Crippen molar-refractivity contribution in [1.82, 2.24) is 15.6 Å². The molecule has 0 aromatic heterocycles. The predicted molar refractivity (Wildman–Crippen MR) is 149 cm³/mol. The quantitative estimate of drug-likeness (QED) is 0.390. The highest BCUT2D eigenvalue weighted by Crippen LogP contribution is 2.42. The van der Waals surface area contributed by atoms with Gasteiger partial charge in [-0.25, -0.2) is 0 Å². The van der Waals surface area contributed by atoms with Crippen LogP contribution in [0.5, 0.6) is 0 Å². The average Bonchev–Trinajstić information content (AvgIpc) is 2.78. The number of hydrogen-bond acceptors (Lipinski definition) is 6. The number of hydroxylamine groups is 4. The molecular weight excluding hydrogens is 448 g/mol. The molecule has 4 fully saturated rings. The van der Waals surface area contributed by atoms with Crippen molar-refractivity contribution in [2.45, 2.75) is 186 Å². The molecular formula is C30H56N4O2. The Morgan fingerprint density at radius 1 is 0.611 bits per heavy atom. The molecule has 2 heterocycles. The van der Waals surface area contributed by atoms with Crippen molar-refractivity contribution in [3.05, 3.63) is 0 Å². The number of rotatable bonds is 6. The van der Waals surface area contributed by atoms with E-state index in [1.165, 1.54) is 69.9 Å². The van der Waals surface area contributed by atoms with Gasteiger partial charge >= 0.3 is 0 Å². The highest BCUT2D eigenvalue weighted by Gasteiger charge is 2.49. The maximum Gasteiger partial charge on any atom is 0.0793 e. The van der Waals surface area contributed by atoms with E-state index in [1.54, 1.807) is 0 Å². The van der Waals surface area contributed by atoms with Gasteiger partial charge in [-0.05, 0) is 93.9 Å². The Bertz CT molecular complexity index is 725. The van der Waals surface area contributed by atoms with Gasteiger partial charge in [0.25, 0.3) is 0 Å². The molecule has 4 rings (SSSR count). The molecule has 6 nitrogen and oxygen atoms in total. The largest absolute Gasteiger partial charge is 0.307 e. The van der Waals surface area contributed by atoms with Crippen molar-refractivity contribution in [3.63, 3.8) is 0 Å². The first kappa shape index (κ1) is 28.3. The fourth-order valence-corrected chi connectivity index (χ4v) is 7.85. The molecule has 0 radical (unpaired) electrons. The monoisotopic (exact) mass is 504 g/mol. The summed E-state index contributed by atoms with van der Waals surface area (Å²) in [6, 6.07) is 0.344. The van der Waals surface area contributed by atoms with Gasteiger partial charge in [0.1, 0.15) is 0 Å². The minimum absolute atomic E-state index is 0.0349. The van der Waals surface area contributed by atoms with Gasteiger partial charge in [0, 0.05) is 46.8 Å². The molecule has 2 aliphatic carbocycles. The second kappa shape index (κ2) is 10.8. The van der Waals surface area contributed by atoms with Crippen LogP contribution in [0.25, 0.3) is 0 Å². The van der Waals surface area contributed by atoms with Crippen LogP contribution < -0.4 is 5.43 Å². The van der Waals surface area contributed by atoms with Crippen LogP contribution in [-0.2, 0) is 9.68 Å². The first-order valence-electron chi connectivity index (χ1n) is 15.0. The van der Waals surface area contributed by atoms with Crippen LogP contribution in [0.15, 0.2) is 5.10 Å². The summed E-state index contributed by atoms with van der Waals surface area (Å²) in [5.41, 5.74) is 4.70. The lowest BCUT2D eigenvalue weighted by Gasteiger charge is -2.55. The van der Waals surface area contributed by atoms with Gasteiger partial charge in [-0.15, -0.1) is 0 Å². The van der Waals surface area contributed by atoms with Crippen molar-refractivity contribution in [3.8, 4) is 0 Å². The summed E-state index contributed by atoms with van der Waals surface area (Å²) < 4.78 is 0. The van der Waals surface area contributed by atoms with Gasteiger partial charge in [-0.2, -0.15) is 15.2 Å². The van der Waals surface area contributed by atoms with Gasteiger partial charge in [-0.3, -0.25) is 9.68 Å². The number of piperidine rings is 2. The van der Waals surface area contributed by atoms with Crippen molar-refractivity contribution >= 4 is 5.71 Å². The second-order valence-corrected chi connectivity index (χ2v) is 14.8. The summed E-state index contributed by atoms with van der Waals surface area (Å²) in [7, 11) is 0. The van der Waals surface area contributed by atoms with Crippen molar-refractivity contribution in [2.24, 2.45) is 5.10 Å². The van der Waals surface area contributed by atoms with Crippen molar-refractivity contribution in [1.29, 1.82) is 0 Å². The van der Waals surface area contributed by atoms with Gasteiger partial charge in [-0.1, -0.05) is 38.5 Å². The second-order valence-electron chi connectivity index (χ2n) is 14.8. The first-order valence-corrected chi connectivity index (χ1v) is 15.0. The van der Waals surface area contributed by atoms with E-state index in [0.29, 0.717) is 18.2 Å². The fraction of sp³-hybridized carbons (Fsp3) is 0.967. The van der Waals surface area contributed by atoms with E-state index < -0.39 is 0 Å². The lowest BCUT2D eigenvalue weighted by molar-refractivity contribution is -0.311. The summed E-state index contributed by atoms with van der Waals surface area (Å²) >= 11 is 0. The molecule has 0 unspecified atom stereocenters. The van der Waals surface area contributed by atoms with Crippen molar-refractivity contribution in [2.75, 3.05) is 0 Å². The Labute approximate surface area is 221 Å². The van der Waals surface area contributed by atoms with E-state index in [9.17, 15) is 0 Å². The molecule has 2 saturated heterocycles. The highest BCUT2D eigenvalue weighted by atomic mass is 16.7. The Balaban J connectivity index is 1.39. The Kier molecular flexibility index (Phi) is 8.51. The summed E-state index contributed by atoms with van der Waals surface area (Å²) in [5, 5.41) is 9.74. The Morgan fingerprint density at radius 2 is 1.00 bits per heavy atom. The van der Waals surface area contributed by atoms with Crippen LogP contribution in [0.3, 0.4) is 0 Å². The van der Waals surface area contributed by atoms with Crippen LogP contribution in [-0.4, -0.2) is 56.2 Å². The predicted octanol–water partition coefficient (Wildman–Crippen LogP) is 7.14. The molecule has 1 N–H and O–H groups in total. The lowest BCUT2D eigenvalue weighted by atomic mass is 9.79. The molecule has 2 aliphatic heterocycles. The third-order valence-electron chi connectivity index (χ3n) is 8.98. The third kappa shape index (κ3) is 6.65. The van der Waals surface area contributed by atoms with Gasteiger partial charge in [0.15, 0.2) is 0 Å². The van der Waals surface area contributed by atoms with E-state index >= 15 is 0 Å². The Hall–Kier alpha value is -0.690. The van der Waals surface area contributed by atoms with Crippen LogP contribution in [0.1, 0.15) is 145 Å². The topological polar surface area (TPSA) is 49.3 Å². The molecule has 6 heteroatoms. The van der Waals surface area contributed by atoms with E-state index in [-0.39, 0.29) is 22.2 Å². The molecule has 0 bridgehead atoms. The van der Waals surface area contributed by atoms with Crippen LogP contribution in [0.4, 0.5) is 0 Å². The summed E-state index contributed by atoms with van der Waals surface area (Å²) in [5.74, 6) is 0. The van der Waals surface area contributed by atoms with Gasteiger partial charge in [0.05, 0.1) is 12.2 Å². The van der Waals surface area contributed by atoms with E-state index in [2.05, 4.69) is 70.9 Å². The lowest BCUT2D eigenvalue weighted by Crippen LogP contribution is -2.64. The van der Waals surface area contributed by atoms with Gasteiger partial charge < -0.3 is 5.43 Å². The molecule has 36 heavy (non-hydrogen) atoms. The van der Waals surface area contributed by atoms with Crippen LogP contribution in [0.2, 0.25) is 0 Å². The zero-order valence-electron chi connectivity index (χ0n) is 24.8. The normalized spacial score (nSPS) is 30.3. The number of hydrogen-bond donors (Lipinski definition) is 1. The van der Waals surface area contributed by atoms with Crippen LogP contribution in [0, 0.1) is 0 Å². The molecule has 0 amide bonds. The summed E-state index contributed by atoms with van der Waals surface area (Å²) in [6.07, 6.45) is 17.4.